The highest BCUT2D eigenvalue weighted by atomic mass is 35.5. The SMILES string of the molecule is CCn1nc(C)c(Cl)c1CN1CCOC(C(C)N)C1. The maximum absolute atomic E-state index is 6.34. The van der Waals surface area contributed by atoms with Crippen LogP contribution in [-0.2, 0) is 17.8 Å². The van der Waals surface area contributed by atoms with Crippen molar-refractivity contribution in [3.8, 4) is 0 Å². The predicted molar refractivity (Wildman–Crippen MR) is 76.3 cm³/mol. The van der Waals surface area contributed by atoms with Gasteiger partial charge < -0.3 is 10.5 Å². The van der Waals surface area contributed by atoms with Gasteiger partial charge in [0.25, 0.3) is 0 Å². The molecule has 2 rings (SSSR count). The second-order valence-corrected chi connectivity index (χ2v) is 5.54. The van der Waals surface area contributed by atoms with Crippen molar-refractivity contribution in [1.29, 1.82) is 0 Å². The summed E-state index contributed by atoms with van der Waals surface area (Å²) in [5.74, 6) is 0. The number of rotatable bonds is 4. The number of halogens is 1. The quantitative estimate of drug-likeness (QED) is 0.909. The first-order chi connectivity index (χ1) is 9.02. The van der Waals surface area contributed by atoms with Gasteiger partial charge in [0.15, 0.2) is 0 Å². The molecular weight excluding hydrogens is 264 g/mol. The highest BCUT2D eigenvalue weighted by molar-refractivity contribution is 6.31. The molecule has 2 atom stereocenters. The molecule has 2 heterocycles. The number of morpholine rings is 1. The monoisotopic (exact) mass is 286 g/mol. The molecule has 1 fully saturated rings. The van der Waals surface area contributed by atoms with Gasteiger partial charge in [-0.25, -0.2) is 0 Å². The molecule has 2 unspecified atom stereocenters. The summed E-state index contributed by atoms with van der Waals surface area (Å²) in [5, 5.41) is 5.23. The van der Waals surface area contributed by atoms with Crippen LogP contribution in [-0.4, -0.2) is 46.5 Å². The molecule has 0 aliphatic carbocycles. The fourth-order valence-electron chi connectivity index (χ4n) is 2.43. The number of nitrogens with zero attached hydrogens (tertiary/aromatic N) is 3. The van der Waals surface area contributed by atoms with Crippen molar-refractivity contribution in [3.05, 3.63) is 16.4 Å². The van der Waals surface area contributed by atoms with Gasteiger partial charge in [-0.05, 0) is 20.8 Å². The lowest BCUT2D eigenvalue weighted by molar-refractivity contribution is -0.0410. The van der Waals surface area contributed by atoms with Gasteiger partial charge in [-0.3, -0.25) is 9.58 Å². The third-order valence-electron chi connectivity index (χ3n) is 3.59. The summed E-state index contributed by atoms with van der Waals surface area (Å²) in [6, 6.07) is 0.0519. The van der Waals surface area contributed by atoms with Gasteiger partial charge in [-0.1, -0.05) is 11.6 Å². The maximum Gasteiger partial charge on any atom is 0.0860 e. The van der Waals surface area contributed by atoms with Crippen molar-refractivity contribution in [1.82, 2.24) is 14.7 Å². The van der Waals surface area contributed by atoms with E-state index < -0.39 is 0 Å². The summed E-state index contributed by atoms with van der Waals surface area (Å²) in [5.41, 5.74) is 7.91. The lowest BCUT2D eigenvalue weighted by Gasteiger charge is -2.34. The minimum absolute atomic E-state index is 0.0519. The Labute approximate surface area is 119 Å². The molecule has 1 aromatic heterocycles. The summed E-state index contributed by atoms with van der Waals surface area (Å²) in [4.78, 5) is 2.34. The molecule has 1 saturated heterocycles. The Morgan fingerprint density at radius 2 is 2.32 bits per heavy atom. The van der Waals surface area contributed by atoms with E-state index in [1.165, 1.54) is 0 Å². The van der Waals surface area contributed by atoms with E-state index in [1.54, 1.807) is 0 Å². The maximum atomic E-state index is 6.34. The van der Waals surface area contributed by atoms with E-state index in [-0.39, 0.29) is 12.1 Å². The zero-order valence-corrected chi connectivity index (χ0v) is 12.7. The zero-order chi connectivity index (χ0) is 14.0. The molecule has 0 amide bonds. The van der Waals surface area contributed by atoms with Gasteiger partial charge in [-0.15, -0.1) is 0 Å². The zero-order valence-electron chi connectivity index (χ0n) is 11.9. The first kappa shape index (κ1) is 14.8. The summed E-state index contributed by atoms with van der Waals surface area (Å²) in [6.07, 6.45) is 0.103. The van der Waals surface area contributed by atoms with E-state index in [4.69, 9.17) is 22.1 Å². The summed E-state index contributed by atoms with van der Waals surface area (Å²) in [7, 11) is 0. The number of aromatic nitrogens is 2. The van der Waals surface area contributed by atoms with Crippen molar-refractivity contribution < 1.29 is 4.74 Å². The highest BCUT2D eigenvalue weighted by Gasteiger charge is 2.25. The summed E-state index contributed by atoms with van der Waals surface area (Å²) >= 11 is 6.34. The van der Waals surface area contributed by atoms with Crippen molar-refractivity contribution in [3.63, 3.8) is 0 Å². The molecule has 0 aromatic carbocycles. The van der Waals surface area contributed by atoms with E-state index in [9.17, 15) is 0 Å². The summed E-state index contributed by atoms with van der Waals surface area (Å²) < 4.78 is 7.66. The number of nitrogens with two attached hydrogens (primary N) is 1. The normalized spacial score (nSPS) is 22.7. The molecule has 0 spiro atoms. The van der Waals surface area contributed by atoms with E-state index >= 15 is 0 Å². The van der Waals surface area contributed by atoms with E-state index in [1.807, 2.05) is 18.5 Å². The van der Waals surface area contributed by atoms with Crippen LogP contribution in [0.15, 0.2) is 0 Å². The standard InChI is InChI=1S/C13H23ClN4O/c1-4-18-11(13(14)10(3)16-18)7-17-5-6-19-12(8-17)9(2)15/h9,12H,4-8,15H2,1-3H3. The Balaban J connectivity index is 2.08. The van der Waals surface area contributed by atoms with Crippen LogP contribution in [0, 0.1) is 6.92 Å². The molecule has 1 aliphatic rings. The first-order valence-electron chi connectivity index (χ1n) is 6.84. The Morgan fingerprint density at radius 3 is 2.95 bits per heavy atom. The second kappa shape index (κ2) is 6.22. The topological polar surface area (TPSA) is 56.3 Å². The van der Waals surface area contributed by atoms with Crippen LogP contribution in [0.1, 0.15) is 25.2 Å². The molecular formula is C13H23ClN4O. The van der Waals surface area contributed by atoms with E-state index in [0.717, 1.165) is 49.2 Å². The van der Waals surface area contributed by atoms with Crippen LogP contribution >= 0.6 is 11.6 Å². The molecule has 5 nitrogen and oxygen atoms in total. The highest BCUT2D eigenvalue weighted by Crippen LogP contribution is 2.22. The van der Waals surface area contributed by atoms with Gasteiger partial charge >= 0.3 is 0 Å². The number of ether oxygens (including phenoxy) is 1. The van der Waals surface area contributed by atoms with Crippen LogP contribution in [0.25, 0.3) is 0 Å². The largest absolute Gasteiger partial charge is 0.374 e. The third-order valence-corrected chi connectivity index (χ3v) is 4.08. The average molecular weight is 287 g/mol. The Hall–Kier alpha value is -0.620. The lowest BCUT2D eigenvalue weighted by atomic mass is 10.1. The fourth-order valence-corrected chi connectivity index (χ4v) is 2.62. The Bertz CT molecular complexity index is 433. The van der Waals surface area contributed by atoms with E-state index in [0.29, 0.717) is 0 Å². The van der Waals surface area contributed by atoms with Crippen molar-refractivity contribution >= 4 is 11.6 Å². The number of hydrogen-bond acceptors (Lipinski definition) is 4. The minimum Gasteiger partial charge on any atom is -0.374 e. The molecule has 0 bridgehead atoms. The Kier molecular flexibility index (Phi) is 4.84. The minimum atomic E-state index is 0.0519. The number of hydrogen-bond donors (Lipinski definition) is 1. The molecule has 19 heavy (non-hydrogen) atoms. The van der Waals surface area contributed by atoms with Crippen molar-refractivity contribution in [2.75, 3.05) is 19.7 Å². The van der Waals surface area contributed by atoms with E-state index in [2.05, 4.69) is 16.9 Å². The average Bonchev–Trinajstić information content (AvgIpc) is 2.67. The lowest BCUT2D eigenvalue weighted by Crippen LogP contribution is -2.49. The molecule has 0 radical (unpaired) electrons. The predicted octanol–water partition coefficient (Wildman–Crippen LogP) is 1.41. The molecule has 108 valence electrons. The third kappa shape index (κ3) is 3.28. The van der Waals surface area contributed by atoms with Crippen LogP contribution in [0.2, 0.25) is 5.02 Å². The fraction of sp³-hybridized carbons (Fsp3) is 0.769. The molecule has 2 N–H and O–H groups in total. The van der Waals surface area contributed by atoms with Gasteiger partial charge in [0.05, 0.1) is 29.1 Å². The summed E-state index contributed by atoms with van der Waals surface area (Å²) in [6.45, 7) is 10.1. The van der Waals surface area contributed by atoms with Crippen LogP contribution in [0.3, 0.4) is 0 Å². The smallest absolute Gasteiger partial charge is 0.0860 e. The second-order valence-electron chi connectivity index (χ2n) is 5.17. The molecule has 0 saturated carbocycles. The van der Waals surface area contributed by atoms with Crippen molar-refractivity contribution in [2.24, 2.45) is 5.73 Å². The number of aryl methyl sites for hydroxylation is 2. The van der Waals surface area contributed by atoms with Crippen LogP contribution in [0.4, 0.5) is 0 Å². The van der Waals surface area contributed by atoms with Crippen LogP contribution in [0.5, 0.6) is 0 Å². The Morgan fingerprint density at radius 1 is 1.58 bits per heavy atom. The van der Waals surface area contributed by atoms with Gasteiger partial charge in [0.1, 0.15) is 0 Å². The molecule has 1 aromatic rings. The van der Waals surface area contributed by atoms with Gasteiger partial charge in [0.2, 0.25) is 0 Å². The molecule has 6 heteroatoms. The first-order valence-corrected chi connectivity index (χ1v) is 7.22. The molecule has 1 aliphatic heterocycles. The van der Waals surface area contributed by atoms with Crippen LogP contribution < -0.4 is 5.73 Å². The van der Waals surface area contributed by atoms with Crippen molar-refractivity contribution in [2.45, 2.75) is 46.0 Å². The van der Waals surface area contributed by atoms with Gasteiger partial charge in [-0.2, -0.15) is 5.10 Å². The van der Waals surface area contributed by atoms with Gasteiger partial charge in [0, 0.05) is 32.2 Å².